The number of furan rings is 1. The number of hydrogen-bond acceptors (Lipinski definition) is 5. The van der Waals surface area contributed by atoms with E-state index in [-0.39, 0.29) is 30.1 Å². The Morgan fingerprint density at radius 3 is 2.83 bits per heavy atom. The molecule has 29 heavy (non-hydrogen) atoms. The first-order chi connectivity index (χ1) is 13.9. The van der Waals surface area contributed by atoms with Gasteiger partial charge in [-0.3, -0.25) is 9.89 Å². The maximum absolute atomic E-state index is 5.76. The quantitative estimate of drug-likeness (QED) is 0.340. The number of likely N-dealkylation sites (tertiary alicyclic amines) is 1. The van der Waals surface area contributed by atoms with Crippen LogP contribution in [0, 0.1) is 5.92 Å². The molecular weight excluding hydrogens is 483 g/mol. The van der Waals surface area contributed by atoms with E-state index in [0.717, 1.165) is 90.1 Å². The molecule has 0 saturated carbocycles. The van der Waals surface area contributed by atoms with E-state index in [9.17, 15) is 0 Å². The summed E-state index contributed by atoms with van der Waals surface area (Å²) in [6.45, 7) is 9.68. The lowest BCUT2D eigenvalue weighted by atomic mass is 10.1. The van der Waals surface area contributed by atoms with Crippen molar-refractivity contribution in [2.24, 2.45) is 10.9 Å². The van der Waals surface area contributed by atoms with Crippen LogP contribution in [0.4, 0.5) is 0 Å². The standard InChI is InChI=1S/C21H34N4O3.HI/c1-3-19(27-11-1)5-7-22-21(23-15-20-4-2-12-28-20)25-8-6-18(17-25)16-24-9-13-26-14-10-24;/h1,3,11,18,20H,2,4-10,12-17H2,(H,22,23);1H. The predicted molar refractivity (Wildman–Crippen MR) is 124 cm³/mol. The van der Waals surface area contributed by atoms with Crippen molar-refractivity contribution in [2.75, 3.05) is 65.6 Å². The molecule has 3 fully saturated rings. The fourth-order valence-electron chi connectivity index (χ4n) is 4.32. The average Bonchev–Trinajstić information content (AvgIpc) is 3.48. The number of hydrogen-bond donors (Lipinski definition) is 1. The number of morpholine rings is 1. The summed E-state index contributed by atoms with van der Waals surface area (Å²) in [5.41, 5.74) is 0. The molecule has 8 heteroatoms. The predicted octanol–water partition coefficient (Wildman–Crippen LogP) is 2.22. The first-order valence-electron chi connectivity index (χ1n) is 10.8. The highest BCUT2D eigenvalue weighted by Crippen LogP contribution is 2.19. The molecule has 2 atom stereocenters. The van der Waals surface area contributed by atoms with E-state index < -0.39 is 0 Å². The van der Waals surface area contributed by atoms with Crippen LogP contribution in [0.1, 0.15) is 25.0 Å². The van der Waals surface area contributed by atoms with Gasteiger partial charge in [-0.05, 0) is 37.3 Å². The minimum absolute atomic E-state index is 0. The van der Waals surface area contributed by atoms with Crippen molar-refractivity contribution in [1.82, 2.24) is 15.1 Å². The van der Waals surface area contributed by atoms with E-state index in [1.54, 1.807) is 6.26 Å². The van der Waals surface area contributed by atoms with Gasteiger partial charge in [-0.1, -0.05) is 0 Å². The van der Waals surface area contributed by atoms with Crippen molar-refractivity contribution >= 4 is 29.9 Å². The van der Waals surface area contributed by atoms with Crippen LogP contribution in [0.25, 0.3) is 0 Å². The van der Waals surface area contributed by atoms with E-state index >= 15 is 0 Å². The van der Waals surface area contributed by atoms with Gasteiger partial charge in [0.15, 0.2) is 5.96 Å². The molecule has 1 N–H and O–H groups in total. The van der Waals surface area contributed by atoms with Crippen molar-refractivity contribution < 1.29 is 13.9 Å². The van der Waals surface area contributed by atoms with Crippen molar-refractivity contribution in [1.29, 1.82) is 0 Å². The lowest BCUT2D eigenvalue weighted by molar-refractivity contribution is 0.0315. The summed E-state index contributed by atoms with van der Waals surface area (Å²) in [5, 5.41) is 3.57. The van der Waals surface area contributed by atoms with E-state index in [1.807, 2.05) is 12.1 Å². The van der Waals surface area contributed by atoms with Gasteiger partial charge in [0.1, 0.15) is 5.76 Å². The van der Waals surface area contributed by atoms with Crippen molar-refractivity contribution in [2.45, 2.75) is 31.8 Å². The molecule has 3 aliphatic heterocycles. The number of nitrogens with one attached hydrogen (secondary N) is 1. The number of nitrogens with zero attached hydrogens (tertiary/aromatic N) is 3. The first kappa shape index (κ1) is 22.8. The normalized spacial score (nSPS) is 25.9. The fourth-order valence-corrected chi connectivity index (χ4v) is 4.32. The second-order valence-electron chi connectivity index (χ2n) is 8.07. The molecule has 1 aromatic heterocycles. The molecule has 0 radical (unpaired) electrons. The number of ether oxygens (including phenoxy) is 2. The summed E-state index contributed by atoms with van der Waals surface area (Å²) in [6, 6.07) is 3.97. The van der Waals surface area contributed by atoms with E-state index in [2.05, 4.69) is 15.1 Å². The minimum atomic E-state index is 0. The second kappa shape index (κ2) is 12.1. The molecule has 164 valence electrons. The smallest absolute Gasteiger partial charge is 0.194 e. The van der Waals surface area contributed by atoms with Gasteiger partial charge in [0.25, 0.3) is 0 Å². The molecule has 4 heterocycles. The third-order valence-electron chi connectivity index (χ3n) is 5.91. The number of guanidine groups is 1. The van der Waals surface area contributed by atoms with Gasteiger partial charge in [-0.2, -0.15) is 0 Å². The summed E-state index contributed by atoms with van der Waals surface area (Å²) >= 11 is 0. The van der Waals surface area contributed by atoms with Gasteiger partial charge in [0.2, 0.25) is 0 Å². The third kappa shape index (κ3) is 7.11. The number of aliphatic imine (C=N–C) groups is 1. The summed E-state index contributed by atoms with van der Waals surface area (Å²) in [4.78, 5) is 9.91. The molecule has 2 unspecified atom stereocenters. The summed E-state index contributed by atoms with van der Waals surface area (Å²) in [5.74, 6) is 2.75. The van der Waals surface area contributed by atoms with Crippen LogP contribution in [0.5, 0.6) is 0 Å². The lowest BCUT2D eigenvalue weighted by Crippen LogP contribution is -2.43. The number of rotatable bonds is 7. The zero-order chi connectivity index (χ0) is 19.0. The molecule has 4 rings (SSSR count). The molecule has 0 bridgehead atoms. The Morgan fingerprint density at radius 2 is 2.07 bits per heavy atom. The summed E-state index contributed by atoms with van der Waals surface area (Å²) < 4.78 is 16.7. The number of halogens is 1. The highest BCUT2D eigenvalue weighted by atomic mass is 127. The van der Waals surface area contributed by atoms with E-state index in [4.69, 9.17) is 18.9 Å². The first-order valence-corrected chi connectivity index (χ1v) is 10.8. The van der Waals surface area contributed by atoms with Crippen LogP contribution in [0.2, 0.25) is 0 Å². The molecular formula is C21H35IN4O3. The van der Waals surface area contributed by atoms with Crippen LogP contribution in [-0.4, -0.2) is 87.5 Å². The van der Waals surface area contributed by atoms with Gasteiger partial charge in [0, 0.05) is 52.3 Å². The Balaban J connectivity index is 0.00000240. The van der Waals surface area contributed by atoms with Crippen LogP contribution >= 0.6 is 24.0 Å². The largest absolute Gasteiger partial charge is 0.469 e. The Hall–Kier alpha value is -0.840. The summed E-state index contributed by atoms with van der Waals surface area (Å²) in [6.07, 6.45) is 6.41. The van der Waals surface area contributed by atoms with Crippen molar-refractivity contribution in [3.05, 3.63) is 24.2 Å². The van der Waals surface area contributed by atoms with Gasteiger partial charge in [-0.15, -0.1) is 24.0 Å². The van der Waals surface area contributed by atoms with Gasteiger partial charge in [0.05, 0.1) is 32.1 Å². The summed E-state index contributed by atoms with van der Waals surface area (Å²) in [7, 11) is 0. The molecule has 7 nitrogen and oxygen atoms in total. The highest BCUT2D eigenvalue weighted by molar-refractivity contribution is 14.0. The highest BCUT2D eigenvalue weighted by Gasteiger charge is 2.27. The second-order valence-corrected chi connectivity index (χ2v) is 8.07. The maximum atomic E-state index is 5.76. The van der Waals surface area contributed by atoms with Crippen LogP contribution < -0.4 is 5.32 Å². The zero-order valence-corrected chi connectivity index (χ0v) is 19.6. The molecule has 3 aliphatic rings. The van der Waals surface area contributed by atoms with Crippen molar-refractivity contribution in [3.8, 4) is 0 Å². The monoisotopic (exact) mass is 518 g/mol. The Kier molecular flexibility index (Phi) is 9.54. The average molecular weight is 518 g/mol. The van der Waals surface area contributed by atoms with Crippen LogP contribution in [-0.2, 0) is 15.9 Å². The fraction of sp³-hybridized carbons (Fsp3) is 0.762. The van der Waals surface area contributed by atoms with E-state index in [1.165, 1.54) is 13.0 Å². The van der Waals surface area contributed by atoms with Gasteiger partial charge < -0.3 is 24.1 Å². The molecule has 0 spiro atoms. The lowest BCUT2D eigenvalue weighted by Gasteiger charge is -2.29. The molecule has 0 amide bonds. The molecule has 0 aliphatic carbocycles. The topological polar surface area (TPSA) is 62.5 Å². The van der Waals surface area contributed by atoms with Crippen molar-refractivity contribution in [3.63, 3.8) is 0 Å². The third-order valence-corrected chi connectivity index (χ3v) is 5.91. The molecule has 0 aromatic carbocycles. The Morgan fingerprint density at radius 1 is 1.17 bits per heavy atom. The van der Waals surface area contributed by atoms with Crippen LogP contribution in [0.3, 0.4) is 0 Å². The van der Waals surface area contributed by atoms with Gasteiger partial charge in [-0.25, -0.2) is 0 Å². The molecule has 3 saturated heterocycles. The van der Waals surface area contributed by atoms with E-state index in [0.29, 0.717) is 5.92 Å². The Bertz CT molecular complexity index is 601. The zero-order valence-electron chi connectivity index (χ0n) is 17.3. The Labute approximate surface area is 191 Å². The van der Waals surface area contributed by atoms with Gasteiger partial charge >= 0.3 is 0 Å². The maximum Gasteiger partial charge on any atom is 0.194 e. The minimum Gasteiger partial charge on any atom is -0.469 e. The molecule has 1 aromatic rings. The SMILES string of the molecule is I.c1coc(CCNC(=NCC2CCCO2)N2CCC(CN3CCOCC3)C2)c1. The van der Waals surface area contributed by atoms with Crippen LogP contribution in [0.15, 0.2) is 27.8 Å².